The van der Waals surface area contributed by atoms with Crippen molar-refractivity contribution in [3.05, 3.63) is 71.4 Å². The Morgan fingerprint density at radius 3 is 2.13 bits per heavy atom. The Labute approximate surface area is 145 Å². The van der Waals surface area contributed by atoms with Crippen LogP contribution in [0.15, 0.2) is 65.6 Å². The summed E-state index contributed by atoms with van der Waals surface area (Å²) in [6, 6.07) is 20.4. The quantitative estimate of drug-likeness (QED) is 0.626. The van der Waals surface area contributed by atoms with Crippen LogP contribution in [0.1, 0.15) is 29.5 Å². The normalized spacial score (nSPS) is 13.3. The number of nitrogens with zero attached hydrogens (tertiary/aromatic N) is 1. The van der Waals surface area contributed by atoms with Gasteiger partial charge in [-0.2, -0.15) is 0 Å². The van der Waals surface area contributed by atoms with Crippen LogP contribution >= 0.6 is 23.3 Å². The van der Waals surface area contributed by atoms with Crippen molar-refractivity contribution in [1.82, 2.24) is 4.98 Å². The minimum atomic E-state index is 0.770. The maximum atomic E-state index is 5.27. The first-order valence-electron chi connectivity index (χ1n) is 7.72. The molecule has 0 spiro atoms. The summed E-state index contributed by atoms with van der Waals surface area (Å²) in [7, 11) is 0. The van der Waals surface area contributed by atoms with Crippen LogP contribution in [0.3, 0.4) is 0 Å². The Hall–Kier alpha value is -1.62. The summed E-state index contributed by atoms with van der Waals surface area (Å²) >= 11 is 3.14. The van der Waals surface area contributed by atoms with Crippen LogP contribution < -0.4 is 5.14 Å². The van der Waals surface area contributed by atoms with Gasteiger partial charge in [0.2, 0.25) is 0 Å². The molecule has 1 aromatic heterocycles. The molecule has 0 unspecified atom stereocenters. The second kappa shape index (κ2) is 7.77. The minimum Gasteiger partial charge on any atom is -0.274 e. The Morgan fingerprint density at radius 1 is 1.00 bits per heavy atom. The van der Waals surface area contributed by atoms with Crippen molar-refractivity contribution in [2.45, 2.75) is 30.6 Å². The van der Waals surface area contributed by atoms with Gasteiger partial charge in [-0.05, 0) is 49.4 Å². The third-order valence-electron chi connectivity index (χ3n) is 3.65. The van der Waals surface area contributed by atoms with E-state index in [0.29, 0.717) is 0 Å². The fourth-order valence-corrected chi connectivity index (χ4v) is 3.83. The maximum absolute atomic E-state index is 5.27. The molecule has 0 aliphatic heterocycles. The lowest BCUT2D eigenvalue weighted by atomic mass is 10.2. The minimum absolute atomic E-state index is 0.770. The summed E-state index contributed by atoms with van der Waals surface area (Å²) in [6.45, 7) is 2.12. The van der Waals surface area contributed by atoms with Crippen LogP contribution in [0.4, 0.5) is 0 Å². The van der Waals surface area contributed by atoms with Crippen LogP contribution in [0.5, 0.6) is 0 Å². The van der Waals surface area contributed by atoms with Crippen molar-refractivity contribution in [3.63, 3.8) is 0 Å². The van der Waals surface area contributed by atoms with Crippen LogP contribution in [0, 0.1) is 6.92 Å². The SMILES string of the molecule is Cc1nc(C2CC2)sc1-c1ccccc1.NSc1ccccc1. The molecule has 1 heterocycles. The lowest BCUT2D eigenvalue weighted by molar-refractivity contribution is 1.06. The highest BCUT2D eigenvalue weighted by molar-refractivity contribution is 7.97. The molecule has 0 atom stereocenters. The predicted octanol–water partition coefficient (Wildman–Crippen LogP) is 5.65. The number of aryl methyl sites for hydroxylation is 1. The number of rotatable bonds is 3. The largest absolute Gasteiger partial charge is 0.274 e. The van der Waals surface area contributed by atoms with Gasteiger partial charge in [0.05, 0.1) is 15.6 Å². The molecule has 118 valence electrons. The Kier molecular flexibility index (Phi) is 5.49. The summed E-state index contributed by atoms with van der Waals surface area (Å²) in [5, 5.41) is 6.61. The van der Waals surface area contributed by atoms with Crippen molar-refractivity contribution in [2.24, 2.45) is 5.14 Å². The zero-order chi connectivity index (χ0) is 16.1. The summed E-state index contributed by atoms with van der Waals surface area (Å²) < 4.78 is 0. The molecule has 0 amide bonds. The first kappa shape index (κ1) is 16.2. The van der Waals surface area contributed by atoms with Crippen molar-refractivity contribution in [1.29, 1.82) is 0 Å². The van der Waals surface area contributed by atoms with Crippen LogP contribution in [0.2, 0.25) is 0 Å². The van der Waals surface area contributed by atoms with Gasteiger partial charge >= 0.3 is 0 Å². The number of thiazole rings is 1. The average Bonchev–Trinajstić information content (AvgIpc) is 3.39. The molecule has 2 aromatic carbocycles. The fraction of sp³-hybridized carbons (Fsp3) is 0.211. The second-order valence-corrected chi connectivity index (χ2v) is 7.28. The van der Waals surface area contributed by atoms with Gasteiger partial charge in [-0.1, -0.05) is 48.5 Å². The van der Waals surface area contributed by atoms with Gasteiger partial charge in [0.25, 0.3) is 0 Å². The van der Waals surface area contributed by atoms with Crippen molar-refractivity contribution < 1.29 is 0 Å². The smallest absolute Gasteiger partial charge is 0.0965 e. The summed E-state index contributed by atoms with van der Waals surface area (Å²) in [5.74, 6) is 0.770. The molecule has 1 fully saturated rings. The monoisotopic (exact) mass is 340 g/mol. The van der Waals surface area contributed by atoms with Gasteiger partial charge in [0, 0.05) is 10.8 Å². The highest BCUT2D eigenvalue weighted by atomic mass is 32.2. The van der Waals surface area contributed by atoms with Gasteiger partial charge in [-0.3, -0.25) is 5.14 Å². The van der Waals surface area contributed by atoms with E-state index >= 15 is 0 Å². The van der Waals surface area contributed by atoms with Gasteiger partial charge in [-0.15, -0.1) is 11.3 Å². The molecular weight excluding hydrogens is 320 g/mol. The fourth-order valence-electron chi connectivity index (χ4n) is 2.28. The van der Waals surface area contributed by atoms with Gasteiger partial charge in [-0.25, -0.2) is 4.98 Å². The van der Waals surface area contributed by atoms with E-state index in [-0.39, 0.29) is 0 Å². The zero-order valence-corrected chi connectivity index (χ0v) is 14.7. The molecule has 4 heteroatoms. The lowest BCUT2D eigenvalue weighted by Gasteiger charge is -1.96. The molecule has 23 heavy (non-hydrogen) atoms. The molecule has 2 N–H and O–H groups in total. The van der Waals surface area contributed by atoms with Gasteiger partial charge < -0.3 is 0 Å². The van der Waals surface area contributed by atoms with Crippen molar-refractivity contribution in [3.8, 4) is 10.4 Å². The molecule has 0 bridgehead atoms. The van der Waals surface area contributed by atoms with E-state index in [2.05, 4.69) is 42.2 Å². The highest BCUT2D eigenvalue weighted by Crippen LogP contribution is 2.44. The molecule has 0 saturated heterocycles. The number of benzene rings is 2. The van der Waals surface area contributed by atoms with E-state index in [1.165, 1.54) is 45.9 Å². The number of aromatic nitrogens is 1. The zero-order valence-electron chi connectivity index (χ0n) is 13.1. The Morgan fingerprint density at radius 2 is 1.61 bits per heavy atom. The summed E-state index contributed by atoms with van der Waals surface area (Å²) in [4.78, 5) is 7.12. The van der Waals surface area contributed by atoms with Crippen molar-refractivity contribution in [2.75, 3.05) is 0 Å². The second-order valence-electron chi connectivity index (χ2n) is 5.54. The highest BCUT2D eigenvalue weighted by Gasteiger charge is 2.27. The molecule has 1 saturated carbocycles. The average molecular weight is 341 g/mol. The van der Waals surface area contributed by atoms with E-state index in [4.69, 9.17) is 5.14 Å². The molecular formula is C19H20N2S2. The first-order chi connectivity index (χ1) is 11.3. The maximum Gasteiger partial charge on any atom is 0.0965 e. The first-order valence-corrected chi connectivity index (χ1v) is 9.42. The van der Waals surface area contributed by atoms with E-state index < -0.39 is 0 Å². The standard InChI is InChI=1S/C13H13NS.C6H7NS/c1-9-12(10-5-3-2-4-6-10)15-13(14-9)11-7-8-11;7-8-6-4-2-1-3-5-6/h2-6,11H,7-8H2,1H3;1-5H,7H2. The Bertz CT molecular complexity index is 735. The van der Waals surface area contributed by atoms with Gasteiger partial charge in [0.15, 0.2) is 0 Å². The van der Waals surface area contributed by atoms with E-state index in [1.807, 2.05) is 41.7 Å². The number of hydrogen-bond acceptors (Lipinski definition) is 4. The predicted molar refractivity (Wildman–Crippen MR) is 101 cm³/mol. The molecule has 1 aliphatic carbocycles. The number of hydrogen-bond donors (Lipinski definition) is 1. The molecule has 2 nitrogen and oxygen atoms in total. The third-order valence-corrected chi connectivity index (χ3v) is 5.57. The van der Waals surface area contributed by atoms with Gasteiger partial charge in [0.1, 0.15) is 0 Å². The van der Waals surface area contributed by atoms with E-state index in [1.54, 1.807) is 0 Å². The molecule has 4 rings (SSSR count). The molecule has 1 aliphatic rings. The number of nitrogens with two attached hydrogens (primary N) is 1. The molecule has 0 radical (unpaired) electrons. The lowest BCUT2D eigenvalue weighted by Crippen LogP contribution is -1.78. The van der Waals surface area contributed by atoms with Crippen LogP contribution in [-0.4, -0.2) is 4.98 Å². The molecule has 3 aromatic rings. The summed E-state index contributed by atoms with van der Waals surface area (Å²) in [6.07, 6.45) is 2.67. The van der Waals surface area contributed by atoms with E-state index in [0.717, 1.165) is 10.8 Å². The Balaban J connectivity index is 0.000000166. The van der Waals surface area contributed by atoms with E-state index in [9.17, 15) is 0 Å². The van der Waals surface area contributed by atoms with Crippen molar-refractivity contribution >= 4 is 23.3 Å². The topological polar surface area (TPSA) is 38.9 Å². The van der Waals surface area contributed by atoms with Crippen LogP contribution in [0.25, 0.3) is 10.4 Å². The van der Waals surface area contributed by atoms with Crippen LogP contribution in [-0.2, 0) is 0 Å². The third kappa shape index (κ3) is 4.44. The summed E-state index contributed by atoms with van der Waals surface area (Å²) in [5.41, 5.74) is 2.49.